The van der Waals surface area contributed by atoms with Crippen molar-refractivity contribution in [3.8, 4) is 5.75 Å². The predicted octanol–water partition coefficient (Wildman–Crippen LogP) is 3.87. The monoisotopic (exact) mass is 531 g/mol. The maximum atomic E-state index is 13.0. The van der Waals surface area contributed by atoms with Gasteiger partial charge < -0.3 is 14.8 Å². The van der Waals surface area contributed by atoms with Gasteiger partial charge in [-0.25, -0.2) is 13.1 Å². The van der Waals surface area contributed by atoms with Gasteiger partial charge in [-0.3, -0.25) is 14.8 Å². The molecule has 0 amide bonds. The fraction of sp³-hybridized carbons (Fsp3) is 0.400. The number of aromatic nitrogens is 2. The molecule has 0 unspecified atom stereocenters. The summed E-state index contributed by atoms with van der Waals surface area (Å²) in [6.07, 6.45) is 3.59. The summed E-state index contributed by atoms with van der Waals surface area (Å²) in [6.45, 7) is 7.59. The fourth-order valence-electron chi connectivity index (χ4n) is 3.72. The molecule has 0 saturated heterocycles. The molecule has 1 heterocycles. The zero-order valence-corrected chi connectivity index (χ0v) is 22.2. The van der Waals surface area contributed by atoms with Crippen molar-refractivity contribution >= 4 is 21.4 Å². The summed E-state index contributed by atoms with van der Waals surface area (Å²) in [6, 6.07) is 9.77. The van der Waals surface area contributed by atoms with E-state index in [1.54, 1.807) is 37.6 Å². The largest absolute Gasteiger partial charge is 0.491 e. The minimum absolute atomic E-state index is 0.0221. The van der Waals surface area contributed by atoms with E-state index in [4.69, 9.17) is 9.47 Å². The van der Waals surface area contributed by atoms with Gasteiger partial charge in [0, 0.05) is 44.1 Å². The van der Waals surface area contributed by atoms with E-state index in [-0.39, 0.29) is 28.4 Å². The number of benzene rings is 2. The molecular formula is C25H33N5O6S. The number of methoxy groups -OCH3 is 1. The normalized spacial score (nSPS) is 11.6. The van der Waals surface area contributed by atoms with Crippen LogP contribution in [-0.2, 0) is 34.4 Å². The van der Waals surface area contributed by atoms with Crippen LogP contribution in [0.3, 0.4) is 0 Å². The van der Waals surface area contributed by atoms with Crippen LogP contribution in [-0.4, -0.2) is 43.4 Å². The molecule has 0 aliphatic rings. The highest BCUT2D eigenvalue weighted by molar-refractivity contribution is 7.89. The van der Waals surface area contributed by atoms with Gasteiger partial charge in [0.2, 0.25) is 10.0 Å². The second-order valence-corrected chi connectivity index (χ2v) is 10.7. The topological polar surface area (TPSA) is 138 Å². The number of rotatable bonds is 14. The van der Waals surface area contributed by atoms with Crippen LogP contribution in [0.4, 0.5) is 11.4 Å². The molecule has 0 aliphatic heterocycles. The first-order valence-electron chi connectivity index (χ1n) is 11.8. The third-order valence-electron chi connectivity index (χ3n) is 5.52. The number of anilines is 1. The van der Waals surface area contributed by atoms with E-state index >= 15 is 0 Å². The summed E-state index contributed by atoms with van der Waals surface area (Å²) in [4.78, 5) is 11.2. The molecule has 2 N–H and O–H groups in total. The molecular weight excluding hydrogens is 498 g/mol. The smallest absolute Gasteiger partial charge is 0.296 e. The summed E-state index contributed by atoms with van der Waals surface area (Å²) in [5, 5.41) is 19.2. The molecule has 200 valence electrons. The van der Waals surface area contributed by atoms with E-state index in [1.165, 1.54) is 19.1 Å². The van der Waals surface area contributed by atoms with Crippen LogP contribution in [0.1, 0.15) is 30.5 Å². The van der Waals surface area contributed by atoms with Gasteiger partial charge >= 0.3 is 0 Å². The molecule has 37 heavy (non-hydrogen) atoms. The number of sulfonamides is 1. The number of nitro groups is 1. The number of nitro benzene ring substituents is 1. The highest BCUT2D eigenvalue weighted by Gasteiger charge is 2.26. The van der Waals surface area contributed by atoms with Gasteiger partial charge in [-0.1, -0.05) is 26.0 Å². The zero-order valence-electron chi connectivity index (χ0n) is 21.4. The van der Waals surface area contributed by atoms with Crippen molar-refractivity contribution in [2.45, 2.75) is 45.3 Å². The zero-order chi connectivity index (χ0) is 27.0. The summed E-state index contributed by atoms with van der Waals surface area (Å²) in [5.41, 5.74) is 1.59. The Balaban J connectivity index is 1.71. The Morgan fingerprint density at radius 2 is 1.81 bits per heavy atom. The molecule has 0 spiro atoms. The Morgan fingerprint density at radius 1 is 1.08 bits per heavy atom. The molecule has 0 aliphatic carbocycles. The second-order valence-electron chi connectivity index (χ2n) is 8.97. The maximum absolute atomic E-state index is 13.0. The third-order valence-corrected chi connectivity index (χ3v) is 7.07. The third kappa shape index (κ3) is 7.75. The Kier molecular flexibility index (Phi) is 9.61. The van der Waals surface area contributed by atoms with E-state index in [9.17, 15) is 18.5 Å². The van der Waals surface area contributed by atoms with Gasteiger partial charge in [-0.15, -0.1) is 0 Å². The standard InChI is InChI=1S/C25H33N5O6S/c1-18(2)16-29-17-21(14-27-29)13-26-23-9-10-24(19(3)25(23)30(31)32)37(33,34)28-15-20-5-7-22(8-6-20)36-12-11-35-4/h5-10,14,17-18,26,28H,11-13,15-16H2,1-4H3. The summed E-state index contributed by atoms with van der Waals surface area (Å²) in [7, 11) is -2.42. The highest BCUT2D eigenvalue weighted by atomic mass is 32.2. The molecule has 1 aromatic heterocycles. The van der Waals surface area contributed by atoms with E-state index in [1.807, 2.05) is 10.9 Å². The van der Waals surface area contributed by atoms with E-state index in [0.29, 0.717) is 37.0 Å². The van der Waals surface area contributed by atoms with Gasteiger partial charge in [0.25, 0.3) is 5.69 Å². The van der Waals surface area contributed by atoms with Crippen LogP contribution >= 0.6 is 0 Å². The lowest BCUT2D eigenvalue weighted by atomic mass is 10.1. The molecule has 0 saturated carbocycles. The lowest BCUT2D eigenvalue weighted by molar-refractivity contribution is -0.384. The molecule has 0 fully saturated rings. The summed E-state index contributed by atoms with van der Waals surface area (Å²) < 4.78 is 40.8. The summed E-state index contributed by atoms with van der Waals surface area (Å²) in [5.74, 6) is 1.08. The number of nitrogens with one attached hydrogen (secondary N) is 2. The van der Waals surface area contributed by atoms with Crippen LogP contribution in [0.2, 0.25) is 0 Å². The van der Waals surface area contributed by atoms with Gasteiger partial charge in [0.05, 0.1) is 22.6 Å². The highest BCUT2D eigenvalue weighted by Crippen LogP contribution is 2.33. The SMILES string of the molecule is COCCOc1ccc(CNS(=O)(=O)c2ccc(NCc3cnn(CC(C)C)c3)c([N+](=O)[O-])c2C)cc1. The van der Waals surface area contributed by atoms with E-state index in [0.717, 1.165) is 12.1 Å². The van der Waals surface area contributed by atoms with E-state index < -0.39 is 14.9 Å². The van der Waals surface area contributed by atoms with Crippen LogP contribution in [0, 0.1) is 23.0 Å². The van der Waals surface area contributed by atoms with Crippen molar-refractivity contribution in [3.63, 3.8) is 0 Å². The van der Waals surface area contributed by atoms with E-state index in [2.05, 4.69) is 29.0 Å². The molecule has 3 aromatic rings. The number of hydrogen-bond acceptors (Lipinski definition) is 8. The van der Waals surface area contributed by atoms with Crippen molar-refractivity contribution in [1.82, 2.24) is 14.5 Å². The molecule has 0 bridgehead atoms. The minimum atomic E-state index is -4.01. The maximum Gasteiger partial charge on any atom is 0.296 e. The van der Waals surface area contributed by atoms with Crippen LogP contribution in [0.25, 0.3) is 0 Å². The number of ether oxygens (including phenoxy) is 2. The van der Waals surface area contributed by atoms with Crippen LogP contribution in [0.15, 0.2) is 53.7 Å². The molecule has 0 atom stereocenters. The molecule has 0 radical (unpaired) electrons. The average Bonchev–Trinajstić information content (AvgIpc) is 3.28. The lowest BCUT2D eigenvalue weighted by Gasteiger charge is -2.13. The van der Waals surface area contributed by atoms with Crippen LogP contribution < -0.4 is 14.8 Å². The first-order valence-corrected chi connectivity index (χ1v) is 13.3. The number of nitrogens with zero attached hydrogens (tertiary/aromatic N) is 3. The number of hydrogen-bond donors (Lipinski definition) is 2. The van der Waals surface area contributed by atoms with Crippen LogP contribution in [0.5, 0.6) is 5.75 Å². The second kappa shape index (κ2) is 12.7. The fourth-order valence-corrected chi connectivity index (χ4v) is 4.98. The van der Waals surface area contributed by atoms with Gasteiger partial charge in [-0.05, 0) is 42.7 Å². The van der Waals surface area contributed by atoms with Crippen molar-refractivity contribution in [2.75, 3.05) is 25.6 Å². The Hall–Kier alpha value is -3.48. The lowest BCUT2D eigenvalue weighted by Crippen LogP contribution is -2.24. The Morgan fingerprint density at radius 3 is 2.46 bits per heavy atom. The first-order chi connectivity index (χ1) is 17.6. The van der Waals surface area contributed by atoms with Crippen molar-refractivity contribution in [1.29, 1.82) is 0 Å². The van der Waals surface area contributed by atoms with Crippen molar-refractivity contribution < 1.29 is 22.8 Å². The summed E-state index contributed by atoms with van der Waals surface area (Å²) >= 11 is 0. The molecule has 12 heteroatoms. The predicted molar refractivity (Wildman–Crippen MR) is 140 cm³/mol. The molecule has 3 rings (SSSR count). The van der Waals surface area contributed by atoms with Gasteiger partial charge in [0.15, 0.2) is 0 Å². The first kappa shape index (κ1) is 28.1. The molecule has 2 aromatic carbocycles. The minimum Gasteiger partial charge on any atom is -0.491 e. The van der Waals surface area contributed by atoms with Crippen molar-refractivity contribution in [2.24, 2.45) is 5.92 Å². The van der Waals surface area contributed by atoms with Crippen molar-refractivity contribution in [3.05, 3.63) is 75.6 Å². The molecule has 11 nitrogen and oxygen atoms in total. The van der Waals surface area contributed by atoms with Gasteiger partial charge in [0.1, 0.15) is 18.0 Å². The van der Waals surface area contributed by atoms with Gasteiger partial charge in [-0.2, -0.15) is 5.10 Å². The quantitative estimate of drug-likeness (QED) is 0.182. The average molecular weight is 532 g/mol. The Bertz CT molecular complexity index is 1310. The Labute approximate surface area is 217 Å².